The summed E-state index contributed by atoms with van der Waals surface area (Å²) in [5, 5.41) is 3.11. The summed E-state index contributed by atoms with van der Waals surface area (Å²) in [4.78, 5) is 16.5. The smallest absolute Gasteiger partial charge is 0.222 e. The summed E-state index contributed by atoms with van der Waals surface area (Å²) >= 11 is 0. The average Bonchev–Trinajstić information content (AvgIpc) is 2.68. The first-order valence-electron chi connectivity index (χ1n) is 12.0. The maximum absolute atomic E-state index is 11.5. The predicted molar refractivity (Wildman–Crippen MR) is 125 cm³/mol. The highest BCUT2D eigenvalue weighted by atomic mass is 16.1. The van der Waals surface area contributed by atoms with Crippen molar-refractivity contribution in [3.63, 3.8) is 0 Å². The highest BCUT2D eigenvalue weighted by molar-refractivity contribution is 5.78. The van der Waals surface area contributed by atoms with E-state index in [0.29, 0.717) is 23.9 Å². The zero-order valence-electron chi connectivity index (χ0n) is 20.3. The third kappa shape index (κ3) is 11.1. The van der Waals surface area contributed by atoms with Gasteiger partial charge in [0.25, 0.3) is 0 Å². The van der Waals surface area contributed by atoms with E-state index >= 15 is 0 Å². The van der Waals surface area contributed by atoms with E-state index < -0.39 is 0 Å². The van der Waals surface area contributed by atoms with E-state index in [-0.39, 0.29) is 11.8 Å². The molecule has 4 nitrogen and oxygen atoms in total. The molecule has 2 rings (SSSR count). The molecule has 0 atom stereocenters. The summed E-state index contributed by atoms with van der Waals surface area (Å²) in [5.74, 6) is 8.20. The van der Waals surface area contributed by atoms with E-state index in [1.807, 2.05) is 13.8 Å². The first kappa shape index (κ1) is 26.0. The molecule has 2 saturated heterocycles. The minimum atomic E-state index is 0.105. The monoisotopic (exact) mass is 405 g/mol. The van der Waals surface area contributed by atoms with Crippen LogP contribution in [0.5, 0.6) is 0 Å². The van der Waals surface area contributed by atoms with E-state index in [0.717, 1.165) is 25.9 Å². The molecule has 4 heteroatoms. The Kier molecular flexibility index (Phi) is 12.6. The van der Waals surface area contributed by atoms with Crippen molar-refractivity contribution in [1.82, 2.24) is 15.1 Å². The fraction of sp³-hybridized carbons (Fsp3) is 0.880. The molecule has 0 saturated carbocycles. The van der Waals surface area contributed by atoms with Crippen molar-refractivity contribution in [2.45, 2.75) is 92.7 Å². The minimum Gasteiger partial charge on any atom is -0.353 e. The molecule has 1 amide bonds. The number of nitrogens with one attached hydrogen (secondary N) is 1. The Hall–Kier alpha value is -1.05. The van der Waals surface area contributed by atoms with Crippen molar-refractivity contribution in [3.05, 3.63) is 0 Å². The van der Waals surface area contributed by atoms with Gasteiger partial charge >= 0.3 is 0 Å². The minimum absolute atomic E-state index is 0.105. The van der Waals surface area contributed by atoms with Gasteiger partial charge in [-0.15, -0.1) is 5.92 Å². The number of hydrogen-bond acceptors (Lipinski definition) is 3. The summed E-state index contributed by atoms with van der Waals surface area (Å²) in [5.41, 5.74) is 0. The molecular formula is C25H47N3O. The van der Waals surface area contributed by atoms with Crippen LogP contribution >= 0.6 is 0 Å². The molecule has 0 spiro atoms. The second kappa shape index (κ2) is 14.0. The Morgan fingerprint density at radius 3 is 2.00 bits per heavy atom. The van der Waals surface area contributed by atoms with Crippen LogP contribution in [0.3, 0.4) is 0 Å². The number of amides is 1. The standard InChI is InChI=1S/C13H23N.C12H24N2O/c1-4-9-14-10-7-13(8-11-14)6-5-12(2)3;1-9(2)12(15)13-11-5-7-14(8-6-11)10(3)4/h12-13H,4,7-11H2,1-3H3;9-11H,5-8H2,1-4H3,(H,13,15). The fourth-order valence-corrected chi connectivity index (χ4v) is 3.83. The van der Waals surface area contributed by atoms with E-state index in [2.05, 4.69) is 61.6 Å². The number of piperidine rings is 2. The van der Waals surface area contributed by atoms with Gasteiger partial charge in [0.15, 0.2) is 0 Å². The molecule has 0 unspecified atom stereocenters. The van der Waals surface area contributed by atoms with E-state index in [4.69, 9.17) is 0 Å². The fourth-order valence-electron chi connectivity index (χ4n) is 3.83. The molecule has 29 heavy (non-hydrogen) atoms. The van der Waals surface area contributed by atoms with Gasteiger partial charge in [-0.3, -0.25) is 4.79 Å². The summed E-state index contributed by atoms with van der Waals surface area (Å²) < 4.78 is 0. The van der Waals surface area contributed by atoms with Crippen LogP contribution in [0, 0.1) is 29.6 Å². The van der Waals surface area contributed by atoms with Gasteiger partial charge in [0.1, 0.15) is 0 Å². The van der Waals surface area contributed by atoms with Crippen LogP contribution < -0.4 is 5.32 Å². The first-order chi connectivity index (χ1) is 13.7. The second-order valence-corrected chi connectivity index (χ2v) is 9.63. The Morgan fingerprint density at radius 2 is 1.55 bits per heavy atom. The number of carbonyl (C=O) groups is 1. The highest BCUT2D eigenvalue weighted by Gasteiger charge is 2.22. The molecule has 1 N–H and O–H groups in total. The lowest BCUT2D eigenvalue weighted by Crippen LogP contribution is -2.47. The highest BCUT2D eigenvalue weighted by Crippen LogP contribution is 2.16. The zero-order chi connectivity index (χ0) is 21.8. The Balaban J connectivity index is 0.000000291. The van der Waals surface area contributed by atoms with Crippen LogP contribution in [0.1, 0.15) is 80.6 Å². The second-order valence-electron chi connectivity index (χ2n) is 9.63. The van der Waals surface area contributed by atoms with Crippen LogP contribution in [0.25, 0.3) is 0 Å². The molecule has 0 aromatic carbocycles. The number of rotatable bonds is 5. The molecule has 2 heterocycles. The lowest BCUT2D eigenvalue weighted by molar-refractivity contribution is -0.125. The largest absolute Gasteiger partial charge is 0.353 e. The molecule has 0 radical (unpaired) electrons. The van der Waals surface area contributed by atoms with E-state index in [9.17, 15) is 4.79 Å². The number of nitrogens with zero attached hydrogens (tertiary/aromatic N) is 2. The van der Waals surface area contributed by atoms with Crippen LogP contribution in [0.15, 0.2) is 0 Å². The van der Waals surface area contributed by atoms with Gasteiger partial charge in [-0.2, -0.15) is 0 Å². The molecule has 0 bridgehead atoms. The van der Waals surface area contributed by atoms with E-state index in [1.165, 1.54) is 38.9 Å². The molecule has 0 aliphatic carbocycles. The summed E-state index contributed by atoms with van der Waals surface area (Å²) in [6.07, 6.45) is 6.02. The molecule has 168 valence electrons. The summed E-state index contributed by atoms with van der Waals surface area (Å²) in [6.45, 7) is 20.9. The number of carbonyl (C=O) groups excluding carboxylic acids is 1. The van der Waals surface area contributed by atoms with Gasteiger partial charge in [-0.25, -0.2) is 0 Å². The van der Waals surface area contributed by atoms with Crippen LogP contribution in [0.4, 0.5) is 0 Å². The van der Waals surface area contributed by atoms with Crippen molar-refractivity contribution in [2.24, 2.45) is 17.8 Å². The normalized spacial score (nSPS) is 19.7. The molecular weight excluding hydrogens is 358 g/mol. The van der Waals surface area contributed by atoms with Crippen molar-refractivity contribution in [2.75, 3.05) is 32.7 Å². The Bertz CT molecular complexity index is 502. The van der Waals surface area contributed by atoms with Crippen LogP contribution in [0.2, 0.25) is 0 Å². The summed E-state index contributed by atoms with van der Waals surface area (Å²) in [6, 6.07) is 1.03. The third-order valence-electron chi connectivity index (χ3n) is 5.83. The first-order valence-corrected chi connectivity index (χ1v) is 12.0. The SMILES string of the molecule is CC(C)C(=O)NC1CCN(C(C)C)CC1.CCCN1CCC(C#CC(C)C)CC1. The van der Waals surface area contributed by atoms with E-state index in [1.54, 1.807) is 0 Å². The van der Waals surface area contributed by atoms with Gasteiger partial charge in [0.05, 0.1) is 0 Å². The topological polar surface area (TPSA) is 35.6 Å². The van der Waals surface area contributed by atoms with Crippen molar-refractivity contribution in [1.29, 1.82) is 0 Å². The van der Waals surface area contributed by atoms with Crippen molar-refractivity contribution < 1.29 is 4.79 Å². The Morgan fingerprint density at radius 1 is 0.966 bits per heavy atom. The molecule has 0 aromatic heterocycles. The number of likely N-dealkylation sites (tertiary alicyclic amines) is 2. The van der Waals surface area contributed by atoms with Gasteiger partial charge in [0.2, 0.25) is 5.91 Å². The maximum atomic E-state index is 11.5. The quantitative estimate of drug-likeness (QED) is 0.689. The van der Waals surface area contributed by atoms with Crippen molar-refractivity contribution in [3.8, 4) is 11.8 Å². The number of hydrogen-bond donors (Lipinski definition) is 1. The van der Waals surface area contributed by atoms with Gasteiger partial charge in [0, 0.05) is 42.9 Å². The lowest BCUT2D eigenvalue weighted by Gasteiger charge is -2.35. The molecule has 0 aromatic rings. The third-order valence-corrected chi connectivity index (χ3v) is 5.83. The maximum Gasteiger partial charge on any atom is 0.222 e. The van der Waals surface area contributed by atoms with Crippen LogP contribution in [-0.4, -0.2) is 60.5 Å². The molecule has 2 fully saturated rings. The summed E-state index contributed by atoms with van der Waals surface area (Å²) in [7, 11) is 0. The van der Waals surface area contributed by atoms with Gasteiger partial charge < -0.3 is 15.1 Å². The van der Waals surface area contributed by atoms with Crippen molar-refractivity contribution >= 4 is 5.91 Å². The zero-order valence-corrected chi connectivity index (χ0v) is 20.3. The average molecular weight is 406 g/mol. The van der Waals surface area contributed by atoms with Gasteiger partial charge in [-0.1, -0.05) is 40.5 Å². The lowest BCUT2D eigenvalue weighted by atomic mass is 9.97. The predicted octanol–water partition coefficient (Wildman–Crippen LogP) is 4.40. The molecule has 2 aliphatic heterocycles. The molecule has 2 aliphatic rings. The van der Waals surface area contributed by atoms with Gasteiger partial charge in [-0.05, 0) is 65.6 Å². The Labute approximate surface area is 181 Å². The van der Waals surface area contributed by atoms with Crippen LogP contribution in [-0.2, 0) is 4.79 Å².